The minimum absolute atomic E-state index is 0.0378. The number of unbranched alkanes of at least 4 members (excludes halogenated alkanes) is 4. The number of aliphatic carboxylic acids is 1. The minimum atomic E-state index is -1.44. The molecule has 0 bridgehead atoms. The molecule has 0 aromatic heterocycles. The summed E-state index contributed by atoms with van der Waals surface area (Å²) in [5, 5.41) is 9.44. The maximum absolute atomic E-state index is 12.9. The Balaban J connectivity index is 2.12. The molecule has 0 aliphatic carbocycles. The van der Waals surface area contributed by atoms with E-state index in [2.05, 4.69) is 6.92 Å². The number of amides is 2. The average Bonchev–Trinajstić information content (AvgIpc) is 3.05. The molecular weight excluding hydrogens is 476 g/mol. The topological polar surface area (TPSA) is 119 Å². The first-order chi connectivity index (χ1) is 16.2. The van der Waals surface area contributed by atoms with E-state index in [1.54, 1.807) is 31.4 Å². The van der Waals surface area contributed by atoms with Crippen molar-refractivity contribution in [3.05, 3.63) is 28.7 Å². The highest BCUT2D eigenvalue weighted by molar-refractivity contribution is 8.26. The number of carboxylic acids is 1. The molecule has 1 aliphatic heterocycles. The van der Waals surface area contributed by atoms with Crippen LogP contribution in [-0.2, 0) is 14.4 Å². The molecule has 0 saturated carbocycles. The summed E-state index contributed by atoms with van der Waals surface area (Å²) in [6.07, 6.45) is 8.08. The second-order valence-corrected chi connectivity index (χ2v) is 9.79. The molecule has 2 rings (SSSR count). The number of rotatable bonds is 14. The number of hydrogen-bond donors (Lipinski definition) is 2. The van der Waals surface area contributed by atoms with Gasteiger partial charge in [-0.05, 0) is 43.5 Å². The van der Waals surface area contributed by atoms with Crippen LogP contribution >= 0.6 is 24.0 Å². The van der Waals surface area contributed by atoms with E-state index in [9.17, 15) is 19.5 Å². The molecule has 1 aliphatic rings. The third-order valence-electron chi connectivity index (χ3n) is 5.34. The molecule has 186 valence electrons. The van der Waals surface area contributed by atoms with Crippen molar-refractivity contribution < 1.29 is 29.0 Å². The highest BCUT2D eigenvalue weighted by atomic mass is 32.2. The SMILES string of the molecule is CCCCCCC[C@H](C)Oc1ccc(/C=C2/SC(=S)N([C@H](CC(N)=O)C(=O)O)C2=O)cc1OC. The van der Waals surface area contributed by atoms with Crippen LogP contribution in [0.3, 0.4) is 0 Å². The summed E-state index contributed by atoms with van der Waals surface area (Å²) in [6.45, 7) is 4.23. The molecule has 8 nitrogen and oxygen atoms in total. The maximum atomic E-state index is 12.9. The molecule has 1 saturated heterocycles. The molecule has 0 radical (unpaired) electrons. The van der Waals surface area contributed by atoms with Gasteiger partial charge in [0.1, 0.15) is 10.4 Å². The lowest BCUT2D eigenvalue weighted by molar-refractivity contribution is -0.146. The molecule has 1 aromatic rings. The quantitative estimate of drug-likeness (QED) is 0.216. The number of primary amides is 1. The fourth-order valence-corrected chi connectivity index (χ4v) is 4.92. The van der Waals surface area contributed by atoms with E-state index >= 15 is 0 Å². The molecule has 1 heterocycles. The van der Waals surface area contributed by atoms with Crippen molar-refractivity contribution in [1.82, 2.24) is 4.90 Å². The molecule has 10 heteroatoms. The van der Waals surface area contributed by atoms with Crippen LogP contribution in [0.2, 0.25) is 0 Å². The Morgan fingerprint density at radius 1 is 1.24 bits per heavy atom. The van der Waals surface area contributed by atoms with Gasteiger partial charge in [0.2, 0.25) is 5.91 Å². The summed E-state index contributed by atoms with van der Waals surface area (Å²) >= 11 is 6.17. The molecule has 34 heavy (non-hydrogen) atoms. The predicted octanol–water partition coefficient (Wildman–Crippen LogP) is 4.35. The van der Waals surface area contributed by atoms with Crippen molar-refractivity contribution in [3.63, 3.8) is 0 Å². The number of nitrogens with zero attached hydrogens (tertiary/aromatic N) is 1. The Morgan fingerprint density at radius 3 is 2.56 bits per heavy atom. The molecule has 0 spiro atoms. The zero-order valence-corrected chi connectivity index (χ0v) is 21.4. The zero-order chi connectivity index (χ0) is 25.3. The standard InChI is InChI=1S/C24H32N2O6S2/c1-4-5-6-7-8-9-15(2)32-18-11-10-16(12-19(18)31-3)13-20-22(28)26(24(33)34-20)17(23(29)30)14-21(25)27/h10-13,15,17H,4-9,14H2,1-3H3,(H2,25,27)(H,29,30)/b20-13+/t15-,17+/m0/s1. The van der Waals surface area contributed by atoms with E-state index in [0.717, 1.165) is 29.5 Å². The van der Waals surface area contributed by atoms with E-state index in [1.165, 1.54) is 25.7 Å². The number of thioether (sulfide) groups is 1. The lowest BCUT2D eigenvalue weighted by Gasteiger charge is -2.21. The van der Waals surface area contributed by atoms with E-state index in [0.29, 0.717) is 17.1 Å². The number of thiocarbonyl (C=S) groups is 1. The summed E-state index contributed by atoms with van der Waals surface area (Å²) in [4.78, 5) is 36.9. The number of carbonyl (C=O) groups is 3. The van der Waals surface area contributed by atoms with Gasteiger partial charge in [-0.2, -0.15) is 0 Å². The van der Waals surface area contributed by atoms with Crippen molar-refractivity contribution in [2.75, 3.05) is 7.11 Å². The van der Waals surface area contributed by atoms with Crippen LogP contribution in [0.15, 0.2) is 23.1 Å². The Morgan fingerprint density at radius 2 is 1.94 bits per heavy atom. The van der Waals surface area contributed by atoms with Gasteiger partial charge in [-0.15, -0.1) is 0 Å². The third-order valence-corrected chi connectivity index (χ3v) is 6.67. The van der Waals surface area contributed by atoms with Gasteiger partial charge < -0.3 is 20.3 Å². The monoisotopic (exact) mass is 508 g/mol. The summed E-state index contributed by atoms with van der Waals surface area (Å²) in [6, 6.07) is 3.88. The van der Waals surface area contributed by atoms with Crippen LogP contribution in [0.5, 0.6) is 11.5 Å². The van der Waals surface area contributed by atoms with Crippen LogP contribution in [-0.4, -0.2) is 51.4 Å². The first kappa shape index (κ1) is 27.7. The van der Waals surface area contributed by atoms with Gasteiger partial charge in [0.25, 0.3) is 5.91 Å². The number of carboxylic acid groups (broad SMARTS) is 1. The lowest BCUT2D eigenvalue weighted by Crippen LogP contribution is -2.46. The first-order valence-electron chi connectivity index (χ1n) is 11.3. The molecule has 1 fully saturated rings. The second-order valence-electron chi connectivity index (χ2n) is 8.12. The number of nitrogens with two attached hydrogens (primary N) is 1. The molecule has 0 unspecified atom stereocenters. The van der Waals surface area contributed by atoms with E-state index < -0.39 is 30.2 Å². The van der Waals surface area contributed by atoms with E-state index in [4.69, 9.17) is 27.4 Å². The van der Waals surface area contributed by atoms with Crippen LogP contribution in [0.4, 0.5) is 0 Å². The Labute approximate surface area is 209 Å². The van der Waals surface area contributed by atoms with Crippen molar-refractivity contribution in [3.8, 4) is 11.5 Å². The van der Waals surface area contributed by atoms with Gasteiger partial charge in [-0.25, -0.2) is 4.79 Å². The third kappa shape index (κ3) is 7.73. The Hall–Kier alpha value is -2.59. The van der Waals surface area contributed by atoms with Gasteiger partial charge in [0.15, 0.2) is 11.5 Å². The van der Waals surface area contributed by atoms with Crippen molar-refractivity contribution in [2.45, 2.75) is 70.9 Å². The van der Waals surface area contributed by atoms with Gasteiger partial charge in [-0.3, -0.25) is 14.5 Å². The van der Waals surface area contributed by atoms with E-state index in [1.807, 2.05) is 6.92 Å². The fourth-order valence-electron chi connectivity index (χ4n) is 3.56. The highest BCUT2D eigenvalue weighted by Crippen LogP contribution is 2.36. The summed E-state index contributed by atoms with van der Waals surface area (Å²) in [5.41, 5.74) is 5.81. The van der Waals surface area contributed by atoms with Gasteiger partial charge in [0.05, 0.1) is 24.5 Å². The van der Waals surface area contributed by atoms with Gasteiger partial charge in [-0.1, -0.05) is 62.7 Å². The molecule has 2 amide bonds. The fraction of sp³-hybridized carbons (Fsp3) is 0.500. The number of ether oxygens (including phenoxy) is 2. The van der Waals surface area contributed by atoms with Crippen LogP contribution in [0.1, 0.15) is 64.4 Å². The molecule has 1 aromatic carbocycles. The van der Waals surface area contributed by atoms with Gasteiger partial charge in [0, 0.05) is 0 Å². The molecular formula is C24H32N2O6S2. The van der Waals surface area contributed by atoms with Crippen molar-refractivity contribution in [2.24, 2.45) is 5.73 Å². The van der Waals surface area contributed by atoms with Crippen molar-refractivity contribution in [1.29, 1.82) is 0 Å². The smallest absolute Gasteiger partial charge is 0.327 e. The summed E-state index contributed by atoms with van der Waals surface area (Å²) < 4.78 is 11.6. The summed E-state index contributed by atoms with van der Waals surface area (Å²) in [5.74, 6) is -1.63. The largest absolute Gasteiger partial charge is 0.493 e. The van der Waals surface area contributed by atoms with Crippen LogP contribution < -0.4 is 15.2 Å². The minimum Gasteiger partial charge on any atom is -0.493 e. The van der Waals surface area contributed by atoms with Gasteiger partial charge >= 0.3 is 5.97 Å². The molecule has 2 atom stereocenters. The van der Waals surface area contributed by atoms with Crippen LogP contribution in [0, 0.1) is 0 Å². The van der Waals surface area contributed by atoms with Crippen LogP contribution in [0.25, 0.3) is 6.08 Å². The number of hydrogen-bond acceptors (Lipinski definition) is 7. The first-order valence-corrected chi connectivity index (χ1v) is 12.5. The molecule has 3 N–H and O–H groups in total. The normalized spacial score (nSPS) is 16.6. The summed E-state index contributed by atoms with van der Waals surface area (Å²) in [7, 11) is 1.54. The average molecular weight is 509 g/mol. The number of benzene rings is 1. The Bertz CT molecular complexity index is 949. The predicted molar refractivity (Wildman–Crippen MR) is 137 cm³/mol. The number of carbonyl (C=O) groups excluding carboxylic acids is 2. The number of methoxy groups -OCH3 is 1. The highest BCUT2D eigenvalue weighted by Gasteiger charge is 2.41. The van der Waals surface area contributed by atoms with Crippen molar-refractivity contribution >= 4 is 52.2 Å². The van der Waals surface area contributed by atoms with E-state index in [-0.39, 0.29) is 15.3 Å². The lowest BCUT2D eigenvalue weighted by atomic mass is 10.1. The Kier molecular flexibility index (Phi) is 10.8. The zero-order valence-electron chi connectivity index (χ0n) is 19.7. The maximum Gasteiger partial charge on any atom is 0.327 e. The second kappa shape index (κ2) is 13.3.